The molecule has 0 bridgehead atoms. The molecule has 2 N–H and O–H groups in total. The Labute approximate surface area is 156 Å². The van der Waals surface area contributed by atoms with Gasteiger partial charge in [-0.05, 0) is 31.0 Å². The van der Waals surface area contributed by atoms with Crippen LogP contribution in [0.25, 0.3) is 11.3 Å². The highest BCUT2D eigenvalue weighted by atomic mass is 35.5. The fourth-order valence-electron chi connectivity index (χ4n) is 2.86. The lowest BCUT2D eigenvalue weighted by molar-refractivity contribution is 0.101. The molecule has 132 valence electrons. The van der Waals surface area contributed by atoms with Crippen LogP contribution in [-0.2, 0) is 6.42 Å². The van der Waals surface area contributed by atoms with Gasteiger partial charge in [-0.15, -0.1) is 0 Å². The highest BCUT2D eigenvalue weighted by Crippen LogP contribution is 2.31. The van der Waals surface area contributed by atoms with E-state index in [1.807, 2.05) is 31.2 Å². The minimum absolute atomic E-state index is 0.140. The van der Waals surface area contributed by atoms with Crippen LogP contribution in [0, 0.1) is 0 Å². The van der Waals surface area contributed by atoms with Gasteiger partial charge in [0.2, 0.25) is 0 Å². The third-order valence-electron chi connectivity index (χ3n) is 4.12. The monoisotopic (exact) mass is 367 g/mol. The molecule has 2 aromatic carbocycles. The molecule has 0 aliphatic rings. The van der Waals surface area contributed by atoms with Crippen molar-refractivity contribution in [2.24, 2.45) is 0 Å². The number of carbonyl (C=O) groups excluding carboxylic acids is 1. The fraction of sp³-hybridized carbons (Fsp3) is 0.150. The van der Waals surface area contributed by atoms with Gasteiger partial charge in [0, 0.05) is 5.56 Å². The number of aromatic nitrogens is 2. The number of hydrogen-bond donors (Lipinski definition) is 2. The van der Waals surface area contributed by atoms with Gasteiger partial charge in [0.1, 0.15) is 11.4 Å². The van der Waals surface area contributed by atoms with Crippen LogP contribution in [0.2, 0.25) is 5.02 Å². The molecule has 1 aromatic heterocycles. The first-order valence-corrected chi connectivity index (χ1v) is 8.64. The molecule has 0 aliphatic heterocycles. The van der Waals surface area contributed by atoms with Gasteiger partial charge in [-0.2, -0.15) is 5.10 Å². The molecule has 3 rings (SSSR count). The maximum Gasteiger partial charge on any atom is 0.288 e. The summed E-state index contributed by atoms with van der Waals surface area (Å²) in [5, 5.41) is 10.1. The van der Waals surface area contributed by atoms with E-state index in [-0.39, 0.29) is 17.0 Å². The van der Waals surface area contributed by atoms with Gasteiger partial charge in [-0.3, -0.25) is 9.59 Å². The number of nitrogens with zero attached hydrogens (tertiary/aromatic N) is 1. The highest BCUT2D eigenvalue weighted by Gasteiger charge is 2.21. The predicted octanol–water partition coefficient (Wildman–Crippen LogP) is 4.60. The number of halogens is 1. The zero-order chi connectivity index (χ0) is 18.7. The van der Waals surface area contributed by atoms with E-state index in [1.165, 1.54) is 6.92 Å². The van der Waals surface area contributed by atoms with Gasteiger partial charge >= 0.3 is 0 Å². The number of Topliss-reactive ketones (excluding diaryl/α,β-unsaturated/α-hetero) is 1. The predicted molar refractivity (Wildman–Crippen MR) is 104 cm³/mol. The Bertz CT molecular complexity index is 1030. The summed E-state index contributed by atoms with van der Waals surface area (Å²) in [6, 6.07) is 14.7. The van der Waals surface area contributed by atoms with Crippen LogP contribution >= 0.6 is 11.6 Å². The number of nitrogens with one attached hydrogen (secondary N) is 2. The number of rotatable bonds is 5. The molecular formula is C20H18ClN3O2. The van der Waals surface area contributed by atoms with Crippen molar-refractivity contribution < 1.29 is 4.79 Å². The van der Waals surface area contributed by atoms with Crippen molar-refractivity contribution in [3.8, 4) is 11.3 Å². The van der Waals surface area contributed by atoms with Crippen molar-refractivity contribution in [1.29, 1.82) is 0 Å². The zero-order valence-electron chi connectivity index (χ0n) is 14.5. The molecule has 0 atom stereocenters. The van der Waals surface area contributed by atoms with Crippen molar-refractivity contribution in [2.45, 2.75) is 20.3 Å². The van der Waals surface area contributed by atoms with Crippen LogP contribution in [0.4, 0.5) is 11.4 Å². The number of ketones is 1. The molecule has 0 saturated heterocycles. The normalized spacial score (nSPS) is 10.6. The summed E-state index contributed by atoms with van der Waals surface area (Å²) in [6.07, 6.45) is 0.779. The van der Waals surface area contributed by atoms with E-state index in [2.05, 4.69) is 15.5 Å². The summed E-state index contributed by atoms with van der Waals surface area (Å²) >= 11 is 6.19. The Hall–Kier alpha value is -2.92. The topological polar surface area (TPSA) is 74.8 Å². The highest BCUT2D eigenvalue weighted by molar-refractivity contribution is 6.33. The summed E-state index contributed by atoms with van der Waals surface area (Å²) in [5.41, 5.74) is 2.76. The Balaban J connectivity index is 2.24. The summed E-state index contributed by atoms with van der Waals surface area (Å²) in [5.74, 6) is -0.251. The number of carbonyl (C=O) groups is 1. The fourth-order valence-corrected chi connectivity index (χ4v) is 3.05. The van der Waals surface area contributed by atoms with Gasteiger partial charge in [-0.1, -0.05) is 54.9 Å². The van der Waals surface area contributed by atoms with E-state index in [9.17, 15) is 9.59 Å². The van der Waals surface area contributed by atoms with Crippen LogP contribution in [0.5, 0.6) is 0 Å². The van der Waals surface area contributed by atoms with Crippen LogP contribution in [-0.4, -0.2) is 16.0 Å². The maximum absolute atomic E-state index is 12.4. The molecule has 1 heterocycles. The van der Waals surface area contributed by atoms with Gasteiger partial charge in [-0.25, -0.2) is 5.10 Å². The lowest BCUT2D eigenvalue weighted by Gasteiger charge is -2.15. The Morgan fingerprint density at radius 1 is 1.15 bits per heavy atom. The van der Waals surface area contributed by atoms with Gasteiger partial charge in [0.15, 0.2) is 5.78 Å². The summed E-state index contributed by atoms with van der Waals surface area (Å²) in [6.45, 7) is 3.45. The van der Waals surface area contributed by atoms with E-state index in [4.69, 9.17) is 11.6 Å². The molecule has 0 aliphatic carbocycles. The summed E-state index contributed by atoms with van der Waals surface area (Å²) in [4.78, 5) is 24.8. The Kier molecular flexibility index (Phi) is 5.19. The molecule has 26 heavy (non-hydrogen) atoms. The van der Waals surface area contributed by atoms with Crippen LogP contribution in [0.3, 0.4) is 0 Å². The molecule has 0 radical (unpaired) electrons. The quantitative estimate of drug-likeness (QED) is 0.646. The lowest BCUT2D eigenvalue weighted by atomic mass is 9.97. The van der Waals surface area contributed by atoms with Crippen molar-refractivity contribution >= 4 is 28.8 Å². The van der Waals surface area contributed by atoms with Crippen LogP contribution < -0.4 is 10.9 Å². The number of benzene rings is 2. The van der Waals surface area contributed by atoms with Crippen molar-refractivity contribution in [2.75, 3.05) is 5.32 Å². The Morgan fingerprint density at radius 3 is 2.54 bits per heavy atom. The standard InChI is InChI=1S/C20H18ClN3O2/c1-3-13-8-4-5-9-14(13)18-17(12(2)25)19(20(26)24-23-18)22-16-11-7-6-10-15(16)21/h4-11H,3H2,1-2H3,(H,22,23)(H,24,26). The molecule has 0 saturated carbocycles. The van der Waals surface area contributed by atoms with E-state index in [0.717, 1.165) is 17.5 Å². The van der Waals surface area contributed by atoms with E-state index < -0.39 is 5.56 Å². The van der Waals surface area contributed by atoms with E-state index >= 15 is 0 Å². The molecule has 0 unspecified atom stereocenters. The zero-order valence-corrected chi connectivity index (χ0v) is 15.2. The molecule has 0 amide bonds. The molecule has 5 nitrogen and oxygen atoms in total. The second-order valence-electron chi connectivity index (χ2n) is 5.82. The van der Waals surface area contributed by atoms with E-state index in [1.54, 1.807) is 24.3 Å². The SMILES string of the molecule is CCc1ccccc1-c1n[nH]c(=O)c(Nc2ccccc2Cl)c1C(C)=O. The van der Waals surface area contributed by atoms with Crippen LogP contribution in [0.1, 0.15) is 29.8 Å². The number of para-hydroxylation sites is 1. The maximum atomic E-state index is 12.4. The van der Waals surface area contributed by atoms with Crippen molar-refractivity contribution in [1.82, 2.24) is 10.2 Å². The second kappa shape index (κ2) is 7.54. The average Bonchev–Trinajstić information content (AvgIpc) is 2.64. The molecule has 0 fully saturated rings. The summed E-state index contributed by atoms with van der Waals surface area (Å²) < 4.78 is 0. The smallest absolute Gasteiger partial charge is 0.288 e. The third kappa shape index (κ3) is 3.39. The molecule has 6 heteroatoms. The number of aryl methyl sites for hydroxylation is 1. The van der Waals surface area contributed by atoms with Gasteiger partial charge in [0.05, 0.1) is 16.3 Å². The van der Waals surface area contributed by atoms with Crippen LogP contribution in [0.15, 0.2) is 53.3 Å². The number of hydrogen-bond acceptors (Lipinski definition) is 4. The Morgan fingerprint density at radius 2 is 1.85 bits per heavy atom. The lowest BCUT2D eigenvalue weighted by Crippen LogP contribution is -2.19. The minimum Gasteiger partial charge on any atom is -0.349 e. The largest absolute Gasteiger partial charge is 0.349 e. The van der Waals surface area contributed by atoms with Crippen molar-refractivity contribution in [3.63, 3.8) is 0 Å². The number of aromatic amines is 1. The molecule has 0 spiro atoms. The molecule has 3 aromatic rings. The van der Waals surface area contributed by atoms with E-state index in [0.29, 0.717) is 16.4 Å². The second-order valence-corrected chi connectivity index (χ2v) is 6.23. The van der Waals surface area contributed by atoms with Crippen molar-refractivity contribution in [3.05, 3.63) is 75.0 Å². The number of H-pyrrole nitrogens is 1. The van der Waals surface area contributed by atoms with Gasteiger partial charge in [0.25, 0.3) is 5.56 Å². The molecular weight excluding hydrogens is 350 g/mol. The minimum atomic E-state index is -0.479. The first-order valence-electron chi connectivity index (χ1n) is 8.26. The van der Waals surface area contributed by atoms with Gasteiger partial charge < -0.3 is 5.32 Å². The average molecular weight is 368 g/mol. The first-order chi connectivity index (χ1) is 12.5. The number of anilines is 2. The summed E-state index contributed by atoms with van der Waals surface area (Å²) in [7, 11) is 0. The third-order valence-corrected chi connectivity index (χ3v) is 4.45. The first kappa shape index (κ1) is 17.9.